The van der Waals surface area contributed by atoms with E-state index in [4.69, 9.17) is 5.84 Å². The molecule has 0 aromatic rings. The molecule has 1 rings (SSSR count). The third kappa shape index (κ3) is 9.61. The van der Waals surface area contributed by atoms with Crippen LogP contribution in [0, 0.1) is 5.92 Å². The summed E-state index contributed by atoms with van der Waals surface area (Å²) in [6.45, 7) is 13.9. The number of rotatable bonds is 9. The molecule has 1 fully saturated rings. The van der Waals surface area contributed by atoms with Crippen molar-refractivity contribution in [2.75, 3.05) is 19.6 Å². The molecule has 0 amide bonds. The second kappa shape index (κ2) is 12.9. The minimum absolute atomic E-state index is 0.506. The van der Waals surface area contributed by atoms with Crippen LogP contribution in [0.15, 0.2) is 40.7 Å². The lowest BCUT2D eigenvalue weighted by atomic mass is 10.0. The fraction of sp³-hybridized carbons (Fsp3) is 0.667. The minimum atomic E-state index is 0.506. The molecule has 1 unspecified atom stereocenters. The molecule has 0 radical (unpaired) electrons. The third-order valence-electron chi connectivity index (χ3n) is 5.05. The molecule has 1 heterocycles. The average Bonchev–Trinajstić information content (AvgIpc) is 2.56. The standard InChI is InChI=1S/C21H38N4/c1-18(2)19(3)12-8-9-14-23-21(24-22)20(4)13-17-25-15-10-6-5-7-11-16-25/h8-9,14,19,24H,1,5-7,10-13,15-17,22H2,2-4H3/b9-8?,21-20-,23-14?. The molecule has 4 nitrogen and oxygen atoms in total. The highest BCUT2D eigenvalue weighted by atomic mass is 15.3. The Morgan fingerprint density at radius 3 is 2.44 bits per heavy atom. The maximum atomic E-state index is 5.66. The highest BCUT2D eigenvalue weighted by Gasteiger charge is 2.09. The van der Waals surface area contributed by atoms with E-state index >= 15 is 0 Å². The van der Waals surface area contributed by atoms with Crippen LogP contribution in [0.5, 0.6) is 0 Å². The first-order chi connectivity index (χ1) is 12.0. The molecule has 3 N–H and O–H groups in total. The number of nitrogens with two attached hydrogens (primary N) is 1. The predicted octanol–water partition coefficient (Wildman–Crippen LogP) is 4.57. The van der Waals surface area contributed by atoms with E-state index in [0.29, 0.717) is 5.92 Å². The van der Waals surface area contributed by atoms with Crippen molar-refractivity contribution in [3.05, 3.63) is 35.7 Å². The summed E-state index contributed by atoms with van der Waals surface area (Å²) in [4.78, 5) is 7.05. The van der Waals surface area contributed by atoms with Crippen LogP contribution in [0.2, 0.25) is 0 Å². The fourth-order valence-corrected chi connectivity index (χ4v) is 2.91. The molecule has 1 aliphatic heterocycles. The van der Waals surface area contributed by atoms with Crippen LogP contribution in [-0.4, -0.2) is 30.7 Å². The van der Waals surface area contributed by atoms with E-state index in [0.717, 1.165) is 25.2 Å². The van der Waals surface area contributed by atoms with E-state index in [1.54, 1.807) is 0 Å². The van der Waals surface area contributed by atoms with E-state index in [2.05, 4.69) is 48.7 Å². The topological polar surface area (TPSA) is 53.6 Å². The van der Waals surface area contributed by atoms with Crippen LogP contribution in [0.3, 0.4) is 0 Å². The van der Waals surface area contributed by atoms with Crippen LogP contribution in [-0.2, 0) is 0 Å². The first-order valence-corrected chi connectivity index (χ1v) is 9.78. The van der Waals surface area contributed by atoms with Gasteiger partial charge in [0.25, 0.3) is 0 Å². The van der Waals surface area contributed by atoms with Crippen molar-refractivity contribution in [3.63, 3.8) is 0 Å². The second-order valence-electron chi connectivity index (χ2n) is 7.32. The van der Waals surface area contributed by atoms with E-state index in [1.165, 1.54) is 56.3 Å². The van der Waals surface area contributed by atoms with Gasteiger partial charge in [0.15, 0.2) is 0 Å². The van der Waals surface area contributed by atoms with Gasteiger partial charge in [-0.3, -0.25) is 0 Å². The molecule has 1 atom stereocenters. The summed E-state index contributed by atoms with van der Waals surface area (Å²) in [5.74, 6) is 6.95. The first kappa shape index (κ1) is 21.7. The third-order valence-corrected chi connectivity index (χ3v) is 5.05. The Morgan fingerprint density at radius 1 is 1.20 bits per heavy atom. The highest BCUT2D eigenvalue weighted by molar-refractivity contribution is 5.72. The molecule has 4 heteroatoms. The Kier molecular flexibility index (Phi) is 11.2. The molecule has 0 aromatic heterocycles. The molecule has 0 aliphatic carbocycles. The van der Waals surface area contributed by atoms with E-state index in [9.17, 15) is 0 Å². The summed E-state index contributed by atoms with van der Waals surface area (Å²) in [5.41, 5.74) is 5.17. The number of nitrogens with one attached hydrogen (secondary N) is 1. The number of hydrogen-bond acceptors (Lipinski definition) is 4. The Labute approximate surface area is 154 Å². The van der Waals surface area contributed by atoms with Gasteiger partial charge in [0, 0.05) is 12.8 Å². The number of aliphatic imine (C=N–C) groups is 1. The molecule has 1 saturated heterocycles. The zero-order valence-electron chi connectivity index (χ0n) is 16.6. The van der Waals surface area contributed by atoms with Gasteiger partial charge in [0.1, 0.15) is 5.82 Å². The summed E-state index contributed by atoms with van der Waals surface area (Å²) in [5, 5.41) is 0. The largest absolute Gasteiger partial charge is 0.309 e. The Morgan fingerprint density at radius 2 is 1.84 bits per heavy atom. The van der Waals surface area contributed by atoms with Crippen LogP contribution >= 0.6 is 0 Å². The maximum Gasteiger partial charge on any atom is 0.138 e. The van der Waals surface area contributed by atoms with Crippen molar-refractivity contribution in [2.45, 2.75) is 65.7 Å². The van der Waals surface area contributed by atoms with Crippen LogP contribution in [0.1, 0.15) is 65.7 Å². The van der Waals surface area contributed by atoms with E-state index in [1.807, 2.05) is 12.3 Å². The van der Waals surface area contributed by atoms with E-state index < -0.39 is 0 Å². The minimum Gasteiger partial charge on any atom is -0.309 e. The van der Waals surface area contributed by atoms with Crippen molar-refractivity contribution < 1.29 is 0 Å². The summed E-state index contributed by atoms with van der Waals surface area (Å²) < 4.78 is 0. The summed E-state index contributed by atoms with van der Waals surface area (Å²) in [6, 6.07) is 0. The van der Waals surface area contributed by atoms with Crippen molar-refractivity contribution in [2.24, 2.45) is 16.8 Å². The van der Waals surface area contributed by atoms with Crippen LogP contribution in [0.4, 0.5) is 0 Å². The van der Waals surface area contributed by atoms with E-state index in [-0.39, 0.29) is 0 Å². The van der Waals surface area contributed by atoms with Crippen molar-refractivity contribution in [3.8, 4) is 0 Å². The summed E-state index contributed by atoms with van der Waals surface area (Å²) in [6.07, 6.45) is 14.8. The molecule has 0 spiro atoms. The number of allylic oxidation sites excluding steroid dienone is 3. The van der Waals surface area contributed by atoms with Gasteiger partial charge in [-0.1, -0.05) is 44.4 Å². The van der Waals surface area contributed by atoms with Gasteiger partial charge >= 0.3 is 0 Å². The van der Waals surface area contributed by atoms with Crippen molar-refractivity contribution in [1.82, 2.24) is 10.3 Å². The van der Waals surface area contributed by atoms with Crippen LogP contribution < -0.4 is 11.3 Å². The lowest BCUT2D eigenvalue weighted by Crippen LogP contribution is -2.29. The van der Waals surface area contributed by atoms with Gasteiger partial charge in [-0.15, -0.1) is 0 Å². The molecule has 0 aromatic carbocycles. The monoisotopic (exact) mass is 346 g/mol. The SMILES string of the molecule is C=C(C)C(C)CC=CC=N/C(NN)=C(\C)CCN1CCCCCCC1. The predicted molar refractivity (Wildman–Crippen MR) is 110 cm³/mol. The summed E-state index contributed by atoms with van der Waals surface area (Å²) >= 11 is 0. The van der Waals surface area contributed by atoms with Crippen molar-refractivity contribution in [1.29, 1.82) is 0 Å². The normalized spacial score (nSPS) is 19.5. The number of likely N-dealkylation sites (tertiary alicyclic amines) is 1. The molecular formula is C21H38N4. The van der Waals surface area contributed by atoms with Crippen LogP contribution in [0.25, 0.3) is 0 Å². The Balaban J connectivity index is 2.46. The second-order valence-corrected chi connectivity index (χ2v) is 7.32. The fourth-order valence-electron chi connectivity index (χ4n) is 2.91. The molecular weight excluding hydrogens is 308 g/mol. The molecule has 142 valence electrons. The molecule has 1 aliphatic rings. The lowest BCUT2D eigenvalue weighted by Gasteiger charge is -2.24. The van der Waals surface area contributed by atoms with Crippen molar-refractivity contribution >= 4 is 6.21 Å². The lowest BCUT2D eigenvalue weighted by molar-refractivity contribution is 0.250. The quantitative estimate of drug-likeness (QED) is 0.278. The van der Waals surface area contributed by atoms with Gasteiger partial charge in [-0.25, -0.2) is 10.8 Å². The van der Waals surface area contributed by atoms with Gasteiger partial charge in [0.2, 0.25) is 0 Å². The summed E-state index contributed by atoms with van der Waals surface area (Å²) in [7, 11) is 0. The average molecular weight is 347 g/mol. The molecule has 0 saturated carbocycles. The van der Waals surface area contributed by atoms with Gasteiger partial charge in [-0.2, -0.15) is 0 Å². The van der Waals surface area contributed by atoms with Gasteiger partial charge < -0.3 is 10.3 Å². The zero-order chi connectivity index (χ0) is 18.5. The smallest absolute Gasteiger partial charge is 0.138 e. The Bertz CT molecular complexity index is 468. The zero-order valence-corrected chi connectivity index (χ0v) is 16.6. The Hall–Kier alpha value is -1.39. The molecule has 0 bridgehead atoms. The van der Waals surface area contributed by atoms with Gasteiger partial charge in [0.05, 0.1) is 0 Å². The first-order valence-electron chi connectivity index (χ1n) is 9.78. The maximum absolute atomic E-state index is 5.66. The number of hydrogen-bond donors (Lipinski definition) is 2. The molecule has 25 heavy (non-hydrogen) atoms. The number of hydrazine groups is 1. The van der Waals surface area contributed by atoms with Gasteiger partial charge in [-0.05, 0) is 70.2 Å². The number of nitrogens with zero attached hydrogens (tertiary/aromatic N) is 2. The highest BCUT2D eigenvalue weighted by Crippen LogP contribution is 2.14.